The largest absolute Gasteiger partial charge is 0.423 e. The molecule has 1 aliphatic rings. The fourth-order valence-corrected chi connectivity index (χ4v) is 17.5. The van der Waals surface area contributed by atoms with E-state index in [1.54, 1.807) is 0 Å². The van der Waals surface area contributed by atoms with Gasteiger partial charge in [0.25, 0.3) is 0 Å². The van der Waals surface area contributed by atoms with Gasteiger partial charge in [0.1, 0.15) is 27.0 Å². The van der Waals surface area contributed by atoms with Gasteiger partial charge in [-0.1, -0.05) is 26.2 Å². The molecule has 0 unspecified atom stereocenters. The predicted molar refractivity (Wildman–Crippen MR) is 85.6 cm³/mol. The van der Waals surface area contributed by atoms with E-state index in [2.05, 4.69) is 44.3 Å². The molecule has 17 heavy (non-hydrogen) atoms. The van der Waals surface area contributed by atoms with Crippen LogP contribution < -0.4 is 0 Å². The molecule has 0 aromatic carbocycles. The van der Waals surface area contributed by atoms with E-state index in [1.807, 2.05) is 0 Å². The number of hydrogen-bond donors (Lipinski definition) is 0. The quantitative estimate of drug-likeness (QED) is 0.721. The van der Waals surface area contributed by atoms with E-state index in [-0.39, 0.29) is 5.60 Å². The van der Waals surface area contributed by atoms with Crippen LogP contribution in [0.1, 0.15) is 26.7 Å². The second-order valence-electron chi connectivity index (χ2n) is 7.34. The number of hydrogen-bond acceptors (Lipinski definition) is 2. The van der Waals surface area contributed by atoms with Crippen LogP contribution in [0.3, 0.4) is 0 Å². The van der Waals surface area contributed by atoms with Crippen molar-refractivity contribution in [2.75, 3.05) is 6.54 Å². The second-order valence-corrected chi connectivity index (χ2v) is 17.5. The van der Waals surface area contributed by atoms with Crippen LogP contribution in [0.15, 0.2) is 0 Å². The SMILES string of the molecule is CC(C)(CCCN1[Si](C)(C)CC[Si]1(C)C)O[SiH3]. The Balaban J connectivity index is 2.50. The summed E-state index contributed by atoms with van der Waals surface area (Å²) in [6, 6.07) is 3.04. The first-order valence-electron chi connectivity index (χ1n) is 6.94. The zero-order valence-corrected chi connectivity index (χ0v) is 16.9. The monoisotopic (exact) mass is 289 g/mol. The third-order valence-electron chi connectivity index (χ3n) is 4.52. The van der Waals surface area contributed by atoms with Gasteiger partial charge in [0, 0.05) is 5.60 Å². The first-order valence-corrected chi connectivity index (χ1v) is 14.1. The molecule has 0 amide bonds. The zero-order valence-electron chi connectivity index (χ0n) is 12.9. The van der Waals surface area contributed by atoms with Crippen molar-refractivity contribution >= 4 is 27.0 Å². The van der Waals surface area contributed by atoms with Crippen molar-refractivity contribution < 1.29 is 4.43 Å². The highest BCUT2D eigenvalue weighted by atomic mass is 28.4. The first kappa shape index (κ1) is 15.6. The Morgan fingerprint density at radius 2 is 1.59 bits per heavy atom. The molecule has 0 saturated carbocycles. The highest BCUT2D eigenvalue weighted by Gasteiger charge is 2.46. The van der Waals surface area contributed by atoms with Crippen molar-refractivity contribution in [3.05, 3.63) is 0 Å². The standard InChI is InChI=1S/C12H31NOSi3/c1-12(2,14-15)8-7-9-13-16(3,4)10-11-17(13,5)6/h7-11H2,1-6,15H3. The normalized spacial score (nSPS) is 24.4. The lowest BCUT2D eigenvalue weighted by molar-refractivity contribution is 0.109. The lowest BCUT2D eigenvalue weighted by Crippen LogP contribution is -2.55. The van der Waals surface area contributed by atoms with E-state index in [4.69, 9.17) is 4.43 Å². The molecule has 1 rings (SSSR count). The molecule has 0 spiro atoms. The molecule has 1 fully saturated rings. The van der Waals surface area contributed by atoms with Crippen molar-refractivity contribution in [1.82, 2.24) is 4.23 Å². The van der Waals surface area contributed by atoms with Crippen LogP contribution in [0.5, 0.6) is 0 Å². The topological polar surface area (TPSA) is 12.5 Å². The molecular formula is C12H31NOSi3. The van der Waals surface area contributed by atoms with Gasteiger partial charge in [0.15, 0.2) is 0 Å². The molecule has 0 aromatic rings. The highest BCUT2D eigenvalue weighted by molar-refractivity contribution is 6.95. The number of rotatable bonds is 5. The van der Waals surface area contributed by atoms with Crippen LogP contribution in [0, 0.1) is 0 Å². The molecule has 2 nitrogen and oxygen atoms in total. The van der Waals surface area contributed by atoms with Gasteiger partial charge < -0.3 is 8.66 Å². The summed E-state index contributed by atoms with van der Waals surface area (Å²) in [5.41, 5.74) is 0.114. The maximum absolute atomic E-state index is 5.65. The number of nitrogens with zero attached hydrogens (tertiary/aromatic N) is 1. The summed E-state index contributed by atoms with van der Waals surface area (Å²) in [7, 11) is -1.24. The molecule has 1 aliphatic heterocycles. The van der Waals surface area contributed by atoms with Crippen LogP contribution in [0.4, 0.5) is 0 Å². The molecular weight excluding hydrogens is 258 g/mol. The summed E-state index contributed by atoms with van der Waals surface area (Å²) < 4.78 is 8.62. The van der Waals surface area contributed by atoms with Gasteiger partial charge in [-0.15, -0.1) is 0 Å². The van der Waals surface area contributed by atoms with Crippen molar-refractivity contribution in [3.63, 3.8) is 0 Å². The summed E-state index contributed by atoms with van der Waals surface area (Å²) in [5.74, 6) is 0. The molecule has 0 radical (unpaired) electrons. The molecule has 0 atom stereocenters. The Kier molecular flexibility index (Phi) is 4.86. The molecule has 5 heteroatoms. The van der Waals surface area contributed by atoms with E-state index >= 15 is 0 Å². The van der Waals surface area contributed by atoms with Crippen molar-refractivity contribution in [2.24, 2.45) is 0 Å². The predicted octanol–water partition coefficient (Wildman–Crippen LogP) is 2.57. The molecule has 1 saturated heterocycles. The summed E-state index contributed by atoms with van der Waals surface area (Å²) in [6.45, 7) is 16.0. The minimum Gasteiger partial charge on any atom is -0.423 e. The fourth-order valence-electron chi connectivity index (χ4n) is 3.07. The van der Waals surface area contributed by atoms with E-state index in [9.17, 15) is 0 Å². The van der Waals surface area contributed by atoms with E-state index in [0.717, 1.165) is 10.5 Å². The van der Waals surface area contributed by atoms with Gasteiger partial charge in [-0.25, -0.2) is 0 Å². The van der Waals surface area contributed by atoms with Crippen molar-refractivity contribution in [2.45, 2.75) is 70.6 Å². The maximum atomic E-state index is 5.65. The minimum atomic E-state index is -1.05. The van der Waals surface area contributed by atoms with Gasteiger partial charge in [-0.05, 0) is 45.3 Å². The average molecular weight is 290 g/mol. The summed E-state index contributed by atoms with van der Waals surface area (Å²) in [4.78, 5) is 0. The molecule has 0 N–H and O–H groups in total. The van der Waals surface area contributed by atoms with Crippen LogP contribution in [0.2, 0.25) is 38.3 Å². The van der Waals surface area contributed by atoms with Gasteiger partial charge in [-0.2, -0.15) is 0 Å². The summed E-state index contributed by atoms with van der Waals surface area (Å²) in [6.07, 6.45) is 2.52. The maximum Gasteiger partial charge on any atom is 0.146 e. The van der Waals surface area contributed by atoms with E-state index in [0.29, 0.717) is 0 Å². The highest BCUT2D eigenvalue weighted by Crippen LogP contribution is 2.37. The molecule has 102 valence electrons. The van der Waals surface area contributed by atoms with Gasteiger partial charge in [0.05, 0.1) is 0 Å². The zero-order chi connectivity index (χ0) is 13.3. The van der Waals surface area contributed by atoms with Crippen LogP contribution in [-0.4, -0.2) is 43.3 Å². The van der Waals surface area contributed by atoms with Crippen molar-refractivity contribution in [1.29, 1.82) is 0 Å². The fraction of sp³-hybridized carbons (Fsp3) is 1.00. The molecule has 1 heterocycles. The van der Waals surface area contributed by atoms with Gasteiger partial charge >= 0.3 is 0 Å². The van der Waals surface area contributed by atoms with Crippen LogP contribution >= 0.6 is 0 Å². The Bertz CT molecular complexity index is 250. The van der Waals surface area contributed by atoms with E-state index in [1.165, 1.54) is 31.5 Å². The first-order chi connectivity index (χ1) is 7.61. The van der Waals surface area contributed by atoms with Gasteiger partial charge in [-0.3, -0.25) is 0 Å². The molecule has 0 aromatic heterocycles. The Morgan fingerprint density at radius 3 is 2.00 bits per heavy atom. The summed E-state index contributed by atoms with van der Waals surface area (Å²) in [5, 5.41) is 0. The smallest absolute Gasteiger partial charge is 0.146 e. The third-order valence-corrected chi connectivity index (χ3v) is 16.1. The minimum absolute atomic E-state index is 0.114. The van der Waals surface area contributed by atoms with E-state index < -0.39 is 16.5 Å². The Hall–Kier alpha value is 0.571. The lowest BCUT2D eigenvalue weighted by Gasteiger charge is -2.39. The lowest BCUT2D eigenvalue weighted by atomic mass is 10.0. The molecule has 0 bridgehead atoms. The Morgan fingerprint density at radius 1 is 1.12 bits per heavy atom. The van der Waals surface area contributed by atoms with Crippen molar-refractivity contribution in [3.8, 4) is 0 Å². The third kappa shape index (κ3) is 4.02. The Labute approximate surface area is 113 Å². The van der Waals surface area contributed by atoms with Crippen LogP contribution in [-0.2, 0) is 4.43 Å². The van der Waals surface area contributed by atoms with Gasteiger partial charge in [0.2, 0.25) is 0 Å². The average Bonchev–Trinajstić information content (AvgIpc) is 2.40. The van der Waals surface area contributed by atoms with Crippen LogP contribution in [0.25, 0.3) is 0 Å². The second kappa shape index (κ2) is 5.29. The molecule has 0 aliphatic carbocycles. The summed E-state index contributed by atoms with van der Waals surface area (Å²) >= 11 is 0.